The summed E-state index contributed by atoms with van der Waals surface area (Å²) in [5.41, 5.74) is 3.32. The van der Waals surface area contributed by atoms with Gasteiger partial charge in [0.1, 0.15) is 0 Å². The van der Waals surface area contributed by atoms with Gasteiger partial charge in [0.2, 0.25) is 10.0 Å². The summed E-state index contributed by atoms with van der Waals surface area (Å²) in [6.07, 6.45) is -4.99. The first-order valence-corrected chi connectivity index (χ1v) is 7.90. The van der Waals surface area contributed by atoms with Crippen molar-refractivity contribution in [1.82, 2.24) is 0 Å². The fraction of sp³-hybridized carbons (Fsp3) is 0.250. The van der Waals surface area contributed by atoms with Crippen molar-refractivity contribution in [3.8, 4) is 0 Å². The largest absolute Gasteiger partial charge is 0.417 e. The monoisotopic (exact) mass is 318 g/mol. The van der Waals surface area contributed by atoms with Gasteiger partial charge in [-0.05, 0) is 18.2 Å². The second-order valence-electron chi connectivity index (χ2n) is 3.65. The molecule has 0 aromatic heterocycles. The van der Waals surface area contributed by atoms with Crippen LogP contribution in [0.15, 0.2) is 23.1 Å². The lowest BCUT2D eigenvalue weighted by Crippen LogP contribution is -2.25. The molecule has 4 N–H and O–H groups in total. The Bertz CT molecular complexity index is 695. The van der Waals surface area contributed by atoms with E-state index in [2.05, 4.69) is 5.14 Å². The molecular formula is C8H9F3N2O4S2. The zero-order chi connectivity index (χ0) is 15.1. The highest BCUT2D eigenvalue weighted by Gasteiger charge is 2.38. The predicted octanol–water partition coefficient (Wildman–Crippen LogP) is 0.307. The summed E-state index contributed by atoms with van der Waals surface area (Å²) in [6.45, 7) is 0. The predicted molar refractivity (Wildman–Crippen MR) is 61.0 cm³/mol. The average molecular weight is 318 g/mol. The van der Waals surface area contributed by atoms with Crippen molar-refractivity contribution >= 4 is 25.5 Å². The molecule has 108 valence electrons. The molecule has 0 fully saturated rings. The van der Waals surface area contributed by atoms with Crippen molar-refractivity contribution in [3.05, 3.63) is 23.8 Å². The third kappa shape index (κ3) is 4.08. The Hall–Kier alpha value is -1.33. The highest BCUT2D eigenvalue weighted by Crippen LogP contribution is 2.35. The Morgan fingerprint density at radius 1 is 1.11 bits per heavy atom. The van der Waals surface area contributed by atoms with Gasteiger partial charge in [-0.3, -0.25) is 0 Å². The SMILES string of the molecule is Nc1ccc(S(=O)(=O)CS(N)(=O)=O)c(C(F)(F)F)c1. The number of rotatable bonds is 3. The van der Waals surface area contributed by atoms with Crippen LogP contribution in [0.5, 0.6) is 0 Å². The van der Waals surface area contributed by atoms with Crippen molar-refractivity contribution in [2.75, 3.05) is 10.8 Å². The Morgan fingerprint density at radius 3 is 2.05 bits per heavy atom. The number of nitrogens with two attached hydrogens (primary N) is 2. The number of hydrogen-bond donors (Lipinski definition) is 2. The first-order valence-electron chi connectivity index (χ1n) is 4.53. The zero-order valence-corrected chi connectivity index (χ0v) is 10.8. The van der Waals surface area contributed by atoms with E-state index >= 15 is 0 Å². The van der Waals surface area contributed by atoms with E-state index in [0.717, 1.165) is 6.07 Å². The maximum absolute atomic E-state index is 12.7. The molecule has 0 aliphatic heterocycles. The second-order valence-corrected chi connectivity index (χ2v) is 7.59. The van der Waals surface area contributed by atoms with Crippen LogP contribution in [0.3, 0.4) is 0 Å². The number of sulfone groups is 1. The van der Waals surface area contributed by atoms with E-state index in [1.54, 1.807) is 0 Å². The molecule has 0 radical (unpaired) electrons. The van der Waals surface area contributed by atoms with Crippen LogP contribution in [0.1, 0.15) is 5.56 Å². The van der Waals surface area contributed by atoms with Crippen LogP contribution in [-0.2, 0) is 26.0 Å². The molecular weight excluding hydrogens is 309 g/mol. The van der Waals surface area contributed by atoms with Crippen LogP contribution in [0.4, 0.5) is 18.9 Å². The second kappa shape index (κ2) is 4.65. The maximum Gasteiger partial charge on any atom is 0.417 e. The molecule has 0 unspecified atom stereocenters. The van der Waals surface area contributed by atoms with Gasteiger partial charge in [-0.25, -0.2) is 22.0 Å². The van der Waals surface area contributed by atoms with Gasteiger partial charge in [0.05, 0.1) is 10.5 Å². The molecule has 11 heteroatoms. The molecule has 0 saturated heterocycles. The van der Waals surface area contributed by atoms with Crippen molar-refractivity contribution in [1.29, 1.82) is 0 Å². The molecule has 1 aromatic rings. The van der Waals surface area contributed by atoms with Gasteiger partial charge in [0.15, 0.2) is 14.9 Å². The molecule has 0 heterocycles. The number of primary sulfonamides is 1. The molecule has 0 amide bonds. The molecule has 0 aliphatic rings. The molecule has 0 spiro atoms. The smallest absolute Gasteiger partial charge is 0.399 e. The lowest BCUT2D eigenvalue weighted by atomic mass is 10.2. The lowest BCUT2D eigenvalue weighted by Gasteiger charge is -2.13. The topological polar surface area (TPSA) is 120 Å². The Labute approximate surface area is 107 Å². The number of anilines is 1. The van der Waals surface area contributed by atoms with Gasteiger partial charge in [-0.2, -0.15) is 13.2 Å². The quantitative estimate of drug-likeness (QED) is 0.777. The maximum atomic E-state index is 12.7. The van der Waals surface area contributed by atoms with E-state index in [9.17, 15) is 30.0 Å². The molecule has 19 heavy (non-hydrogen) atoms. The van der Waals surface area contributed by atoms with E-state index in [1.807, 2.05) is 0 Å². The average Bonchev–Trinajstić information content (AvgIpc) is 2.11. The summed E-state index contributed by atoms with van der Waals surface area (Å²) in [4.78, 5) is -1.18. The molecule has 6 nitrogen and oxygen atoms in total. The first-order chi connectivity index (χ1) is 8.33. The van der Waals surface area contributed by atoms with Gasteiger partial charge in [0, 0.05) is 5.69 Å². The van der Waals surface area contributed by atoms with Gasteiger partial charge in [0.25, 0.3) is 0 Å². The number of benzene rings is 1. The summed E-state index contributed by atoms with van der Waals surface area (Å²) in [6, 6.07) is 1.93. The third-order valence-corrected chi connectivity index (χ3v) is 5.54. The summed E-state index contributed by atoms with van der Waals surface area (Å²) in [7, 11) is -9.23. The van der Waals surface area contributed by atoms with E-state index in [4.69, 9.17) is 5.73 Å². The number of nitrogen functional groups attached to an aromatic ring is 1. The normalized spacial score (nSPS) is 13.5. The number of sulfonamides is 1. The van der Waals surface area contributed by atoms with Crippen LogP contribution in [-0.4, -0.2) is 21.9 Å². The summed E-state index contributed by atoms with van der Waals surface area (Å²) in [5.74, 6) is 0. The third-order valence-electron chi connectivity index (χ3n) is 1.96. The minimum atomic E-state index is -4.99. The minimum absolute atomic E-state index is 0.304. The van der Waals surface area contributed by atoms with Crippen LogP contribution in [0.2, 0.25) is 0 Å². The van der Waals surface area contributed by atoms with Gasteiger partial charge in [-0.15, -0.1) is 0 Å². The number of hydrogen-bond acceptors (Lipinski definition) is 5. The van der Waals surface area contributed by atoms with Crippen molar-refractivity contribution in [3.63, 3.8) is 0 Å². The minimum Gasteiger partial charge on any atom is -0.399 e. The van der Waals surface area contributed by atoms with Gasteiger partial charge in [-0.1, -0.05) is 0 Å². The highest BCUT2D eigenvalue weighted by molar-refractivity contribution is 8.07. The lowest BCUT2D eigenvalue weighted by molar-refractivity contribution is -0.139. The van der Waals surface area contributed by atoms with E-state index < -0.39 is 41.6 Å². The number of halogens is 3. The molecule has 1 rings (SSSR count). The van der Waals surface area contributed by atoms with E-state index in [-0.39, 0.29) is 5.69 Å². The Balaban J connectivity index is 3.52. The van der Waals surface area contributed by atoms with Crippen molar-refractivity contribution in [2.24, 2.45) is 5.14 Å². The summed E-state index contributed by atoms with van der Waals surface area (Å²) < 4.78 is 82.8. The van der Waals surface area contributed by atoms with Crippen LogP contribution in [0.25, 0.3) is 0 Å². The van der Waals surface area contributed by atoms with Crippen LogP contribution >= 0.6 is 0 Å². The van der Waals surface area contributed by atoms with Crippen LogP contribution in [0, 0.1) is 0 Å². The first kappa shape index (κ1) is 15.7. The van der Waals surface area contributed by atoms with Crippen molar-refractivity contribution < 1.29 is 30.0 Å². The fourth-order valence-electron chi connectivity index (χ4n) is 1.32. The molecule has 0 atom stereocenters. The highest BCUT2D eigenvalue weighted by atomic mass is 32.3. The van der Waals surface area contributed by atoms with E-state index in [0.29, 0.717) is 12.1 Å². The standard InChI is InChI=1S/C8H9F3N2O4S2/c9-8(10,11)6-3-5(12)1-2-7(6)18(14,15)4-19(13,16)17/h1-3H,4,12H2,(H2,13,16,17). The molecule has 0 bridgehead atoms. The van der Waals surface area contributed by atoms with Crippen molar-refractivity contribution in [2.45, 2.75) is 11.1 Å². The van der Waals surface area contributed by atoms with Crippen LogP contribution < -0.4 is 10.9 Å². The Morgan fingerprint density at radius 2 is 1.63 bits per heavy atom. The van der Waals surface area contributed by atoms with Gasteiger partial charge < -0.3 is 5.73 Å². The fourth-order valence-corrected chi connectivity index (χ4v) is 4.34. The molecule has 0 aliphatic carbocycles. The summed E-state index contributed by atoms with van der Waals surface area (Å²) in [5, 5.41) is 2.92. The van der Waals surface area contributed by atoms with E-state index in [1.165, 1.54) is 0 Å². The van der Waals surface area contributed by atoms with Gasteiger partial charge >= 0.3 is 6.18 Å². The molecule has 1 aromatic carbocycles. The molecule has 0 saturated carbocycles. The Kier molecular flexibility index (Phi) is 3.85. The number of alkyl halides is 3. The zero-order valence-electron chi connectivity index (χ0n) is 9.18. The summed E-state index contributed by atoms with van der Waals surface area (Å²) >= 11 is 0.